The molecule has 82 valence electrons. The molecule has 0 heterocycles. The molecule has 1 amide bonds. The van der Waals surface area contributed by atoms with Crippen LogP contribution in [0.25, 0.3) is 0 Å². The average Bonchev–Trinajstić information content (AvgIpc) is 2.14. The Morgan fingerprint density at radius 3 is 2.40 bits per heavy atom. The van der Waals surface area contributed by atoms with Gasteiger partial charge in [-0.25, -0.2) is 8.78 Å². The van der Waals surface area contributed by atoms with Gasteiger partial charge in [-0.05, 0) is 24.1 Å². The minimum atomic E-state index is -0.795. The SMILES string of the molecule is CNC(=O)[C@@H](N)Cc1cc(F)cc(F)c1. The van der Waals surface area contributed by atoms with Crippen molar-refractivity contribution >= 4 is 5.91 Å². The second-order valence-electron chi connectivity index (χ2n) is 3.20. The number of likely N-dealkylation sites (N-methyl/N-ethyl adjacent to an activating group) is 1. The van der Waals surface area contributed by atoms with Gasteiger partial charge in [-0.15, -0.1) is 0 Å². The Morgan fingerprint density at radius 2 is 1.93 bits per heavy atom. The van der Waals surface area contributed by atoms with Gasteiger partial charge in [0.2, 0.25) is 5.91 Å². The first-order chi connectivity index (χ1) is 7.02. The van der Waals surface area contributed by atoms with E-state index in [9.17, 15) is 13.6 Å². The molecule has 0 fully saturated rings. The van der Waals surface area contributed by atoms with Crippen molar-refractivity contribution in [3.8, 4) is 0 Å². The molecule has 0 spiro atoms. The van der Waals surface area contributed by atoms with Crippen LogP contribution >= 0.6 is 0 Å². The van der Waals surface area contributed by atoms with Gasteiger partial charge in [-0.3, -0.25) is 4.79 Å². The van der Waals surface area contributed by atoms with Crippen LogP contribution < -0.4 is 11.1 Å². The molecule has 0 aliphatic carbocycles. The van der Waals surface area contributed by atoms with E-state index in [1.54, 1.807) is 0 Å². The average molecular weight is 214 g/mol. The van der Waals surface area contributed by atoms with E-state index in [-0.39, 0.29) is 12.3 Å². The third-order valence-electron chi connectivity index (χ3n) is 1.96. The quantitative estimate of drug-likeness (QED) is 0.773. The highest BCUT2D eigenvalue weighted by atomic mass is 19.1. The fourth-order valence-corrected chi connectivity index (χ4v) is 1.26. The molecule has 0 bridgehead atoms. The maximum absolute atomic E-state index is 12.8. The third-order valence-corrected chi connectivity index (χ3v) is 1.96. The summed E-state index contributed by atoms with van der Waals surface area (Å²) in [6, 6.07) is 2.29. The van der Waals surface area contributed by atoms with Crippen LogP contribution in [0.1, 0.15) is 5.56 Å². The highest BCUT2D eigenvalue weighted by Gasteiger charge is 2.13. The number of benzene rings is 1. The molecule has 15 heavy (non-hydrogen) atoms. The van der Waals surface area contributed by atoms with Gasteiger partial charge in [0.15, 0.2) is 0 Å². The van der Waals surface area contributed by atoms with Crippen molar-refractivity contribution in [2.24, 2.45) is 5.73 Å². The summed E-state index contributed by atoms with van der Waals surface area (Å²) in [7, 11) is 1.45. The Morgan fingerprint density at radius 1 is 1.40 bits per heavy atom. The number of nitrogens with one attached hydrogen (secondary N) is 1. The van der Waals surface area contributed by atoms with Crippen LogP contribution in [0.15, 0.2) is 18.2 Å². The molecule has 3 nitrogen and oxygen atoms in total. The van der Waals surface area contributed by atoms with E-state index in [4.69, 9.17) is 5.73 Å². The molecule has 5 heteroatoms. The summed E-state index contributed by atoms with van der Waals surface area (Å²) in [5.74, 6) is -1.71. The van der Waals surface area contributed by atoms with Crippen LogP contribution in [0.2, 0.25) is 0 Å². The third kappa shape index (κ3) is 3.28. The lowest BCUT2D eigenvalue weighted by Crippen LogP contribution is -2.40. The van der Waals surface area contributed by atoms with E-state index < -0.39 is 17.7 Å². The molecule has 1 atom stereocenters. The Balaban J connectivity index is 2.76. The van der Waals surface area contributed by atoms with Crippen molar-refractivity contribution in [1.82, 2.24) is 5.32 Å². The van der Waals surface area contributed by atoms with Crippen molar-refractivity contribution in [2.45, 2.75) is 12.5 Å². The molecular weight excluding hydrogens is 202 g/mol. The lowest BCUT2D eigenvalue weighted by atomic mass is 10.1. The topological polar surface area (TPSA) is 55.1 Å². The molecule has 1 aromatic carbocycles. The molecule has 0 unspecified atom stereocenters. The minimum Gasteiger partial charge on any atom is -0.358 e. The lowest BCUT2D eigenvalue weighted by molar-refractivity contribution is -0.121. The van der Waals surface area contributed by atoms with Crippen molar-refractivity contribution in [1.29, 1.82) is 0 Å². The van der Waals surface area contributed by atoms with Crippen molar-refractivity contribution < 1.29 is 13.6 Å². The van der Waals surface area contributed by atoms with Crippen LogP contribution in [0.3, 0.4) is 0 Å². The summed E-state index contributed by atoms with van der Waals surface area (Å²) in [6.45, 7) is 0. The molecule has 0 radical (unpaired) electrons. The highest BCUT2D eigenvalue weighted by Crippen LogP contribution is 2.09. The van der Waals surface area contributed by atoms with Gasteiger partial charge in [0, 0.05) is 13.1 Å². The molecule has 0 saturated carbocycles. The Hall–Kier alpha value is -1.49. The number of carbonyl (C=O) groups is 1. The first-order valence-electron chi connectivity index (χ1n) is 4.45. The molecule has 0 aliphatic rings. The molecule has 1 aromatic rings. The number of hydrogen-bond acceptors (Lipinski definition) is 2. The highest BCUT2D eigenvalue weighted by molar-refractivity contribution is 5.81. The van der Waals surface area contributed by atoms with Crippen molar-refractivity contribution in [3.05, 3.63) is 35.4 Å². The van der Waals surface area contributed by atoms with E-state index in [2.05, 4.69) is 5.32 Å². The molecule has 3 N–H and O–H groups in total. The van der Waals surface area contributed by atoms with Gasteiger partial charge in [0.1, 0.15) is 11.6 Å². The number of rotatable bonds is 3. The molecule has 0 aliphatic heterocycles. The van der Waals surface area contributed by atoms with Gasteiger partial charge in [-0.2, -0.15) is 0 Å². The summed E-state index contributed by atoms with van der Waals surface area (Å²) >= 11 is 0. The zero-order valence-electron chi connectivity index (χ0n) is 8.26. The standard InChI is InChI=1S/C10H12F2N2O/c1-14-10(15)9(13)4-6-2-7(11)5-8(12)3-6/h2-3,5,9H,4,13H2,1H3,(H,14,15)/t9-/m0/s1. The minimum absolute atomic E-state index is 0.106. The maximum atomic E-state index is 12.8. The van der Waals surface area contributed by atoms with Gasteiger partial charge < -0.3 is 11.1 Å². The van der Waals surface area contributed by atoms with E-state index >= 15 is 0 Å². The molecule has 1 rings (SSSR count). The van der Waals surface area contributed by atoms with Crippen LogP contribution in [-0.2, 0) is 11.2 Å². The van der Waals surface area contributed by atoms with Crippen molar-refractivity contribution in [2.75, 3.05) is 7.05 Å². The number of hydrogen-bond donors (Lipinski definition) is 2. The smallest absolute Gasteiger partial charge is 0.237 e. The van der Waals surface area contributed by atoms with E-state index in [0.29, 0.717) is 5.56 Å². The predicted octanol–water partition coefficient (Wildman–Crippen LogP) is 0.581. The molecule has 0 aromatic heterocycles. The van der Waals surface area contributed by atoms with Gasteiger partial charge in [-0.1, -0.05) is 0 Å². The maximum Gasteiger partial charge on any atom is 0.237 e. The van der Waals surface area contributed by atoms with Crippen LogP contribution in [0, 0.1) is 11.6 Å². The van der Waals surface area contributed by atoms with Gasteiger partial charge in [0.05, 0.1) is 6.04 Å². The Kier molecular flexibility index (Phi) is 3.74. The van der Waals surface area contributed by atoms with Crippen LogP contribution in [0.5, 0.6) is 0 Å². The summed E-state index contributed by atoms with van der Waals surface area (Å²) < 4.78 is 25.6. The van der Waals surface area contributed by atoms with Gasteiger partial charge >= 0.3 is 0 Å². The van der Waals surface area contributed by atoms with Crippen LogP contribution in [-0.4, -0.2) is 19.0 Å². The monoisotopic (exact) mass is 214 g/mol. The summed E-state index contributed by atoms with van der Waals surface area (Å²) in [5, 5.41) is 2.36. The predicted molar refractivity (Wildman–Crippen MR) is 52.1 cm³/mol. The zero-order valence-corrected chi connectivity index (χ0v) is 8.26. The Bertz CT molecular complexity index is 348. The van der Waals surface area contributed by atoms with Crippen molar-refractivity contribution in [3.63, 3.8) is 0 Å². The van der Waals surface area contributed by atoms with E-state index in [0.717, 1.165) is 18.2 Å². The first-order valence-corrected chi connectivity index (χ1v) is 4.45. The normalized spacial score (nSPS) is 12.3. The van der Waals surface area contributed by atoms with Gasteiger partial charge in [0.25, 0.3) is 0 Å². The molecule has 0 saturated heterocycles. The number of nitrogens with two attached hydrogens (primary N) is 1. The fourth-order valence-electron chi connectivity index (χ4n) is 1.26. The summed E-state index contributed by atoms with van der Waals surface area (Å²) in [5.41, 5.74) is 5.87. The molecular formula is C10H12F2N2O. The second kappa shape index (κ2) is 4.84. The number of carbonyl (C=O) groups excluding carboxylic acids is 1. The Labute approximate surface area is 86.3 Å². The van der Waals surface area contributed by atoms with E-state index in [1.807, 2.05) is 0 Å². The number of halogens is 2. The number of amides is 1. The first kappa shape index (κ1) is 11.6. The lowest BCUT2D eigenvalue weighted by Gasteiger charge is -2.09. The second-order valence-corrected chi connectivity index (χ2v) is 3.20. The van der Waals surface area contributed by atoms with E-state index in [1.165, 1.54) is 7.05 Å². The largest absolute Gasteiger partial charge is 0.358 e. The van der Waals surface area contributed by atoms with Crippen LogP contribution in [0.4, 0.5) is 8.78 Å². The zero-order chi connectivity index (χ0) is 11.4. The fraction of sp³-hybridized carbons (Fsp3) is 0.300. The summed E-state index contributed by atoms with van der Waals surface area (Å²) in [6.07, 6.45) is 0.106. The summed E-state index contributed by atoms with van der Waals surface area (Å²) in [4.78, 5) is 11.1.